The number of halogens is 3. The maximum absolute atomic E-state index is 9.84. The smallest absolute Gasteiger partial charge is 0.349 e. The molecule has 0 radical (unpaired) electrons. The molecule has 46 valence electrons. The zero-order valence-corrected chi connectivity index (χ0v) is 6.59. The normalized spacial score (nSPS) is 12.9. The van der Waals surface area contributed by atoms with Gasteiger partial charge in [0.2, 0.25) is 0 Å². The first kappa shape index (κ1) is 8.27. The number of aliphatic carboxylic acids is 1. The van der Waals surface area contributed by atoms with Crippen molar-refractivity contribution in [3.63, 3.8) is 0 Å². The number of hydrogen-bond donors (Lipinski definition) is 1. The van der Waals surface area contributed by atoms with E-state index < -0.39 is 11.0 Å². The van der Waals surface area contributed by atoms with Crippen LogP contribution < -0.4 is 0 Å². The van der Waals surface area contributed by atoms with Crippen LogP contribution in [0.1, 0.15) is 0 Å². The standard InChI is InChI=1S/C3HBrCl2O2/c4-2(6)1(5)3(7)8/h(H,7,8). The van der Waals surface area contributed by atoms with E-state index in [9.17, 15) is 4.79 Å². The highest BCUT2D eigenvalue weighted by atomic mass is 79.9. The molecule has 0 heterocycles. The molecular weight excluding hydrogens is 219 g/mol. The molecule has 0 saturated heterocycles. The average Bonchev–Trinajstić information content (AvgIpc) is 1.64. The Hall–Kier alpha value is 0.270. The van der Waals surface area contributed by atoms with Crippen LogP contribution in [0.5, 0.6) is 0 Å². The van der Waals surface area contributed by atoms with Crippen LogP contribution in [0.25, 0.3) is 0 Å². The van der Waals surface area contributed by atoms with E-state index in [1.165, 1.54) is 0 Å². The molecule has 0 saturated carbocycles. The summed E-state index contributed by atoms with van der Waals surface area (Å²) in [6.07, 6.45) is 0. The van der Waals surface area contributed by atoms with Gasteiger partial charge in [0.25, 0.3) is 0 Å². The second-order valence-electron chi connectivity index (χ2n) is 0.880. The second kappa shape index (κ2) is 3.33. The molecule has 8 heavy (non-hydrogen) atoms. The van der Waals surface area contributed by atoms with Crippen LogP contribution in [0.4, 0.5) is 0 Å². The largest absolute Gasteiger partial charge is 0.477 e. The molecule has 0 aliphatic carbocycles. The van der Waals surface area contributed by atoms with E-state index in [2.05, 4.69) is 15.9 Å². The van der Waals surface area contributed by atoms with Gasteiger partial charge in [-0.2, -0.15) is 0 Å². The van der Waals surface area contributed by atoms with Crippen LogP contribution in [0, 0.1) is 0 Å². The van der Waals surface area contributed by atoms with Gasteiger partial charge in [-0.05, 0) is 15.9 Å². The quantitative estimate of drug-likeness (QED) is 0.687. The number of carboxylic acid groups (broad SMARTS) is 1. The molecule has 2 nitrogen and oxygen atoms in total. The Morgan fingerprint density at radius 2 is 1.88 bits per heavy atom. The lowest BCUT2D eigenvalue weighted by atomic mass is 10.7. The fourth-order valence-corrected chi connectivity index (χ4v) is 0.331. The van der Waals surface area contributed by atoms with Gasteiger partial charge in [-0.25, -0.2) is 4.79 Å². The molecule has 5 heteroatoms. The van der Waals surface area contributed by atoms with Gasteiger partial charge in [-0.3, -0.25) is 0 Å². The summed E-state index contributed by atoms with van der Waals surface area (Å²) in [5.74, 6) is -1.24. The van der Waals surface area contributed by atoms with Crippen molar-refractivity contribution in [2.45, 2.75) is 0 Å². The molecule has 0 aliphatic rings. The third kappa shape index (κ3) is 2.55. The first-order chi connectivity index (χ1) is 3.55. The maximum atomic E-state index is 9.84. The Labute approximate surface area is 64.2 Å². The van der Waals surface area contributed by atoms with E-state index in [-0.39, 0.29) is 3.94 Å². The van der Waals surface area contributed by atoms with Gasteiger partial charge in [0.1, 0.15) is 3.94 Å². The maximum Gasteiger partial charge on any atom is 0.349 e. The summed E-state index contributed by atoms with van der Waals surface area (Å²) in [7, 11) is 0. The molecule has 0 spiro atoms. The van der Waals surface area contributed by atoms with E-state index >= 15 is 0 Å². The van der Waals surface area contributed by atoms with Crippen LogP contribution in [-0.2, 0) is 4.79 Å². The monoisotopic (exact) mass is 218 g/mol. The van der Waals surface area contributed by atoms with Gasteiger partial charge in [0.05, 0.1) is 0 Å². The second-order valence-corrected chi connectivity index (χ2v) is 2.89. The van der Waals surface area contributed by atoms with E-state index in [1.54, 1.807) is 0 Å². The molecule has 0 fully saturated rings. The summed E-state index contributed by atoms with van der Waals surface area (Å²) in [4.78, 5) is 9.84. The number of hydrogen-bond acceptors (Lipinski definition) is 1. The van der Waals surface area contributed by atoms with Gasteiger partial charge >= 0.3 is 5.97 Å². The lowest BCUT2D eigenvalue weighted by molar-refractivity contribution is -0.131. The molecule has 0 atom stereocenters. The molecule has 1 N–H and O–H groups in total. The Balaban J connectivity index is 4.23. The molecular formula is C3HBrCl2O2. The van der Waals surface area contributed by atoms with Gasteiger partial charge in [-0.1, -0.05) is 23.2 Å². The lowest BCUT2D eigenvalue weighted by Crippen LogP contribution is -1.92. The first-order valence-corrected chi connectivity index (χ1v) is 3.04. The van der Waals surface area contributed by atoms with Crippen molar-refractivity contribution in [2.75, 3.05) is 0 Å². The van der Waals surface area contributed by atoms with Crippen molar-refractivity contribution in [3.8, 4) is 0 Å². The predicted octanol–water partition coefficient (Wildman–Crippen LogP) is 2.11. The fourth-order valence-electron chi connectivity index (χ4n) is 0.0808. The van der Waals surface area contributed by atoms with Crippen molar-refractivity contribution >= 4 is 45.1 Å². The highest BCUT2D eigenvalue weighted by Gasteiger charge is 2.05. The molecule has 0 bridgehead atoms. The molecule has 0 aliphatic heterocycles. The Kier molecular flexibility index (Phi) is 3.44. The molecule has 0 aromatic rings. The lowest BCUT2D eigenvalue weighted by Gasteiger charge is -1.85. The zero-order valence-electron chi connectivity index (χ0n) is 3.49. The summed E-state index contributed by atoms with van der Waals surface area (Å²) in [6, 6.07) is 0. The Bertz CT molecular complexity index is 138. The van der Waals surface area contributed by atoms with Crippen LogP contribution in [-0.4, -0.2) is 11.1 Å². The van der Waals surface area contributed by atoms with Crippen molar-refractivity contribution in [3.05, 3.63) is 8.97 Å². The van der Waals surface area contributed by atoms with Gasteiger partial charge in [0.15, 0.2) is 5.03 Å². The molecule has 0 rings (SSSR count). The van der Waals surface area contributed by atoms with Crippen molar-refractivity contribution in [2.24, 2.45) is 0 Å². The van der Waals surface area contributed by atoms with Crippen molar-refractivity contribution in [1.29, 1.82) is 0 Å². The Morgan fingerprint density at radius 1 is 1.50 bits per heavy atom. The van der Waals surface area contributed by atoms with Crippen LogP contribution in [0.2, 0.25) is 0 Å². The average molecular weight is 220 g/mol. The summed E-state index contributed by atoms with van der Waals surface area (Å²) in [5, 5.41) is 7.64. The van der Waals surface area contributed by atoms with Crippen molar-refractivity contribution in [1.82, 2.24) is 0 Å². The minimum atomic E-state index is -1.24. The highest BCUT2D eigenvalue weighted by Crippen LogP contribution is 2.19. The summed E-state index contributed by atoms with van der Waals surface area (Å²) >= 11 is 12.8. The molecule has 0 aromatic heterocycles. The van der Waals surface area contributed by atoms with E-state index in [1.807, 2.05) is 0 Å². The molecule has 0 aromatic carbocycles. The number of rotatable bonds is 1. The van der Waals surface area contributed by atoms with E-state index in [0.29, 0.717) is 0 Å². The summed E-state index contributed by atoms with van der Waals surface area (Å²) in [5.41, 5.74) is 0. The van der Waals surface area contributed by atoms with Gasteiger partial charge in [0, 0.05) is 0 Å². The number of carboxylic acids is 1. The van der Waals surface area contributed by atoms with Gasteiger partial charge < -0.3 is 5.11 Å². The molecule has 0 unspecified atom stereocenters. The van der Waals surface area contributed by atoms with Crippen molar-refractivity contribution < 1.29 is 9.90 Å². The van der Waals surface area contributed by atoms with Crippen LogP contribution >= 0.6 is 39.1 Å². The predicted molar refractivity (Wildman–Crippen MR) is 35.3 cm³/mol. The topological polar surface area (TPSA) is 37.3 Å². The van der Waals surface area contributed by atoms with Gasteiger partial charge in [-0.15, -0.1) is 0 Å². The van der Waals surface area contributed by atoms with Crippen LogP contribution in [0.3, 0.4) is 0 Å². The summed E-state index contributed by atoms with van der Waals surface area (Å²) in [6.45, 7) is 0. The first-order valence-electron chi connectivity index (χ1n) is 1.49. The Morgan fingerprint density at radius 3 is 1.88 bits per heavy atom. The SMILES string of the molecule is O=C(O)C(Cl)=C(Cl)Br. The number of carbonyl (C=O) groups is 1. The minimum Gasteiger partial charge on any atom is -0.477 e. The third-order valence-corrected chi connectivity index (χ3v) is 1.61. The fraction of sp³-hybridized carbons (Fsp3) is 0. The van der Waals surface area contributed by atoms with E-state index in [4.69, 9.17) is 28.3 Å². The minimum absolute atomic E-state index is 0.0910. The molecule has 0 amide bonds. The summed E-state index contributed by atoms with van der Waals surface area (Å²) < 4.78 is -0.0910. The van der Waals surface area contributed by atoms with E-state index in [0.717, 1.165) is 0 Å². The third-order valence-electron chi connectivity index (χ3n) is 0.354. The zero-order chi connectivity index (χ0) is 6.73. The highest BCUT2D eigenvalue weighted by molar-refractivity contribution is 9.12. The van der Waals surface area contributed by atoms with Crippen LogP contribution in [0.15, 0.2) is 8.97 Å².